The first-order valence-electron chi connectivity index (χ1n) is 8.76. The molecule has 3 aromatic rings. The van der Waals surface area contributed by atoms with E-state index in [0.717, 1.165) is 11.9 Å². The van der Waals surface area contributed by atoms with E-state index in [0.29, 0.717) is 5.92 Å². The van der Waals surface area contributed by atoms with Crippen molar-refractivity contribution in [2.75, 3.05) is 5.32 Å². The highest BCUT2D eigenvalue weighted by atomic mass is 15.0. The minimum atomic E-state index is -0.0166. The Morgan fingerprint density at radius 3 is 2.62 bits per heavy atom. The first-order chi connectivity index (χ1) is 11.5. The second-order valence-electron chi connectivity index (χ2n) is 7.81. The molecule has 2 aliphatic rings. The van der Waals surface area contributed by atoms with Gasteiger partial charge in [0.05, 0.1) is 11.1 Å². The highest BCUT2D eigenvalue weighted by molar-refractivity contribution is 5.88. The maximum atomic E-state index is 4.93. The molecule has 120 valence electrons. The summed E-state index contributed by atoms with van der Waals surface area (Å²) in [6.07, 6.45) is 1.12. The zero-order chi connectivity index (χ0) is 16.6. The lowest BCUT2D eigenvalue weighted by atomic mass is 9.84. The van der Waals surface area contributed by atoms with Crippen LogP contribution in [0.3, 0.4) is 0 Å². The van der Waals surface area contributed by atoms with Gasteiger partial charge in [0.1, 0.15) is 0 Å². The van der Waals surface area contributed by atoms with Crippen LogP contribution in [0.25, 0.3) is 10.9 Å². The van der Waals surface area contributed by atoms with Crippen molar-refractivity contribution in [1.82, 2.24) is 4.98 Å². The molecule has 0 fully saturated rings. The molecule has 0 amide bonds. The molecule has 1 aromatic heterocycles. The van der Waals surface area contributed by atoms with Crippen LogP contribution in [-0.4, -0.2) is 4.98 Å². The van der Waals surface area contributed by atoms with Gasteiger partial charge in [-0.25, -0.2) is 0 Å². The summed E-state index contributed by atoms with van der Waals surface area (Å²) >= 11 is 0. The van der Waals surface area contributed by atoms with Gasteiger partial charge in [0.2, 0.25) is 0 Å². The van der Waals surface area contributed by atoms with E-state index in [1.54, 1.807) is 0 Å². The Balaban J connectivity index is 1.91. The lowest BCUT2D eigenvalue weighted by Gasteiger charge is -2.34. The first kappa shape index (κ1) is 14.0. The van der Waals surface area contributed by atoms with Crippen molar-refractivity contribution >= 4 is 16.6 Å². The fourth-order valence-electron chi connectivity index (χ4n) is 4.96. The Morgan fingerprint density at radius 1 is 1.04 bits per heavy atom. The van der Waals surface area contributed by atoms with Crippen LogP contribution in [0.5, 0.6) is 0 Å². The van der Waals surface area contributed by atoms with Crippen LogP contribution in [0, 0.1) is 20.8 Å². The van der Waals surface area contributed by atoms with E-state index < -0.39 is 0 Å². The molecule has 2 unspecified atom stereocenters. The summed E-state index contributed by atoms with van der Waals surface area (Å²) in [6.45, 7) is 8.86. The van der Waals surface area contributed by atoms with Crippen molar-refractivity contribution in [2.45, 2.75) is 45.6 Å². The average Bonchev–Trinajstić information content (AvgIpc) is 2.79. The van der Waals surface area contributed by atoms with E-state index >= 15 is 0 Å². The Kier molecular flexibility index (Phi) is 2.56. The summed E-state index contributed by atoms with van der Waals surface area (Å²) in [6, 6.07) is 13.5. The standard InChI is InChI=1S/C22H22N2/c1-12-6-8-19-15(9-12)17-11-22(4,24-19)21-14(3)23-18-7-5-13(2)10-16(18)20(17)21/h5-10,17,24H,11H2,1-4H3. The van der Waals surface area contributed by atoms with Crippen LogP contribution in [0.15, 0.2) is 36.4 Å². The molecule has 0 saturated heterocycles. The number of hydrogen-bond acceptors (Lipinski definition) is 2. The molecule has 2 aromatic carbocycles. The maximum Gasteiger partial charge on any atom is 0.0708 e. The zero-order valence-electron chi connectivity index (χ0n) is 14.7. The Bertz CT molecular complexity index is 1020. The zero-order valence-corrected chi connectivity index (χ0v) is 14.7. The summed E-state index contributed by atoms with van der Waals surface area (Å²) in [5.41, 5.74) is 10.6. The molecule has 1 aliphatic heterocycles. The highest BCUT2D eigenvalue weighted by Gasteiger charge is 2.47. The normalized spacial score (nSPS) is 23.8. The van der Waals surface area contributed by atoms with Crippen molar-refractivity contribution in [2.24, 2.45) is 0 Å². The third kappa shape index (κ3) is 1.69. The van der Waals surface area contributed by atoms with E-state index in [1.165, 1.54) is 44.6 Å². The predicted molar refractivity (Wildman–Crippen MR) is 99.8 cm³/mol. The summed E-state index contributed by atoms with van der Waals surface area (Å²) in [7, 11) is 0. The highest BCUT2D eigenvalue weighted by Crippen LogP contribution is 2.57. The molecule has 1 N–H and O–H groups in total. The number of pyridine rings is 1. The molecule has 2 nitrogen and oxygen atoms in total. The molecule has 1 aliphatic carbocycles. The van der Waals surface area contributed by atoms with Crippen LogP contribution in [0.2, 0.25) is 0 Å². The molecular formula is C22H22N2. The third-order valence-corrected chi connectivity index (χ3v) is 5.87. The predicted octanol–water partition coefficient (Wildman–Crippen LogP) is 5.34. The van der Waals surface area contributed by atoms with Gasteiger partial charge >= 0.3 is 0 Å². The molecule has 0 saturated carbocycles. The lowest BCUT2D eigenvalue weighted by Crippen LogP contribution is -2.33. The van der Waals surface area contributed by atoms with E-state index in [1.807, 2.05) is 0 Å². The van der Waals surface area contributed by atoms with Gasteiger partial charge in [-0.15, -0.1) is 0 Å². The summed E-state index contributed by atoms with van der Waals surface area (Å²) in [5.74, 6) is 0.465. The molecule has 24 heavy (non-hydrogen) atoms. The fraction of sp³-hybridized carbons (Fsp3) is 0.318. The lowest BCUT2D eigenvalue weighted by molar-refractivity contribution is 0.494. The minimum absolute atomic E-state index is 0.0166. The Morgan fingerprint density at radius 2 is 1.79 bits per heavy atom. The Labute approximate surface area is 142 Å². The van der Waals surface area contributed by atoms with Crippen LogP contribution >= 0.6 is 0 Å². The maximum absolute atomic E-state index is 4.93. The van der Waals surface area contributed by atoms with E-state index in [4.69, 9.17) is 4.98 Å². The quantitative estimate of drug-likeness (QED) is 0.606. The number of nitrogens with one attached hydrogen (secondary N) is 1. The summed E-state index contributed by atoms with van der Waals surface area (Å²) in [4.78, 5) is 4.93. The van der Waals surface area contributed by atoms with Crippen LogP contribution in [-0.2, 0) is 5.54 Å². The van der Waals surface area contributed by atoms with Crippen molar-refractivity contribution < 1.29 is 0 Å². The van der Waals surface area contributed by atoms with Crippen LogP contribution in [0.4, 0.5) is 5.69 Å². The van der Waals surface area contributed by atoms with E-state index in [-0.39, 0.29) is 5.54 Å². The number of aromatic nitrogens is 1. The van der Waals surface area contributed by atoms with Gasteiger partial charge in [-0.1, -0.05) is 29.3 Å². The number of aryl methyl sites for hydroxylation is 3. The number of benzene rings is 2. The number of anilines is 1. The molecule has 2 heterocycles. The van der Waals surface area contributed by atoms with Crippen molar-refractivity contribution in [3.63, 3.8) is 0 Å². The SMILES string of the molecule is Cc1ccc2c(c1)C1CC(C)(N2)c2c(C)nc3ccc(C)cc3c21. The molecule has 2 bridgehead atoms. The van der Waals surface area contributed by atoms with Gasteiger partial charge < -0.3 is 5.32 Å². The smallest absolute Gasteiger partial charge is 0.0708 e. The molecule has 2 atom stereocenters. The van der Waals surface area contributed by atoms with Crippen LogP contribution in [0.1, 0.15) is 52.8 Å². The third-order valence-electron chi connectivity index (χ3n) is 5.87. The molecule has 0 spiro atoms. The molecule has 0 radical (unpaired) electrons. The molecule has 5 rings (SSSR count). The minimum Gasteiger partial charge on any atom is -0.375 e. The van der Waals surface area contributed by atoms with E-state index in [9.17, 15) is 0 Å². The van der Waals surface area contributed by atoms with Gasteiger partial charge in [0.25, 0.3) is 0 Å². The largest absolute Gasteiger partial charge is 0.375 e. The van der Waals surface area contributed by atoms with Gasteiger partial charge in [0, 0.05) is 28.2 Å². The van der Waals surface area contributed by atoms with Crippen molar-refractivity contribution in [3.8, 4) is 0 Å². The number of rotatable bonds is 0. The van der Waals surface area contributed by atoms with E-state index in [2.05, 4.69) is 69.4 Å². The number of nitrogens with zero attached hydrogens (tertiary/aromatic N) is 1. The fourth-order valence-corrected chi connectivity index (χ4v) is 4.96. The summed E-state index contributed by atoms with van der Waals surface area (Å²) < 4.78 is 0. The van der Waals surface area contributed by atoms with Crippen molar-refractivity contribution in [3.05, 3.63) is 69.9 Å². The average molecular weight is 314 g/mol. The second kappa shape index (κ2) is 4.38. The molecular weight excluding hydrogens is 292 g/mol. The van der Waals surface area contributed by atoms with Crippen molar-refractivity contribution in [1.29, 1.82) is 0 Å². The van der Waals surface area contributed by atoms with Crippen LogP contribution < -0.4 is 5.32 Å². The van der Waals surface area contributed by atoms with Gasteiger partial charge in [0.15, 0.2) is 0 Å². The Hall–Kier alpha value is -2.35. The monoisotopic (exact) mass is 314 g/mol. The second-order valence-corrected chi connectivity index (χ2v) is 7.81. The first-order valence-corrected chi connectivity index (χ1v) is 8.76. The summed E-state index contributed by atoms with van der Waals surface area (Å²) in [5, 5.41) is 5.16. The number of fused-ring (bicyclic) bond motifs is 9. The van der Waals surface area contributed by atoms with Gasteiger partial charge in [-0.3, -0.25) is 4.98 Å². The van der Waals surface area contributed by atoms with Gasteiger partial charge in [-0.2, -0.15) is 0 Å². The van der Waals surface area contributed by atoms with Gasteiger partial charge in [-0.05, 0) is 63.4 Å². The number of hydrogen-bond donors (Lipinski definition) is 1. The molecule has 2 heteroatoms. The topological polar surface area (TPSA) is 24.9 Å².